The lowest BCUT2D eigenvalue weighted by molar-refractivity contribution is 0.126. The highest BCUT2D eigenvalue weighted by Crippen LogP contribution is 2.52. The van der Waals surface area contributed by atoms with Gasteiger partial charge in [-0.2, -0.15) is 0 Å². The molecule has 1 aromatic rings. The number of likely N-dealkylation sites (tertiary alicyclic amines) is 1. The van der Waals surface area contributed by atoms with E-state index in [-0.39, 0.29) is 0 Å². The topological polar surface area (TPSA) is 29.3 Å². The molecular formula is C19H28N2S. The van der Waals surface area contributed by atoms with E-state index in [0.29, 0.717) is 22.2 Å². The van der Waals surface area contributed by atoms with Gasteiger partial charge < -0.3 is 5.73 Å². The van der Waals surface area contributed by atoms with Crippen LogP contribution in [0.15, 0.2) is 24.3 Å². The lowest BCUT2D eigenvalue weighted by Gasteiger charge is -2.40. The predicted octanol–water partition coefficient (Wildman–Crippen LogP) is 3.92. The van der Waals surface area contributed by atoms with Crippen LogP contribution in [-0.2, 0) is 13.0 Å². The highest BCUT2D eigenvalue weighted by Gasteiger charge is 2.49. The molecule has 2 bridgehead atoms. The number of nitrogens with two attached hydrogens (primary N) is 1. The first-order valence-corrected chi connectivity index (χ1v) is 8.76. The van der Waals surface area contributed by atoms with Crippen molar-refractivity contribution >= 4 is 17.2 Å². The molecule has 1 saturated carbocycles. The third kappa shape index (κ3) is 3.36. The van der Waals surface area contributed by atoms with Crippen LogP contribution in [0.25, 0.3) is 0 Å². The largest absolute Gasteiger partial charge is 0.393 e. The molecule has 2 fully saturated rings. The van der Waals surface area contributed by atoms with Crippen LogP contribution >= 0.6 is 12.2 Å². The van der Waals surface area contributed by atoms with Crippen LogP contribution in [0.1, 0.15) is 51.2 Å². The second-order valence-corrected chi connectivity index (χ2v) is 9.05. The quantitative estimate of drug-likeness (QED) is 0.854. The first kappa shape index (κ1) is 15.9. The molecule has 0 radical (unpaired) electrons. The second-order valence-electron chi connectivity index (χ2n) is 8.53. The fraction of sp³-hybridized carbons (Fsp3) is 0.632. The van der Waals surface area contributed by atoms with Gasteiger partial charge in [-0.15, -0.1) is 0 Å². The number of fused-ring (bicyclic) bond motifs is 2. The smallest absolute Gasteiger partial charge is 0.0771 e. The van der Waals surface area contributed by atoms with Crippen LogP contribution in [0, 0.1) is 10.8 Å². The van der Waals surface area contributed by atoms with Crippen molar-refractivity contribution in [3.63, 3.8) is 0 Å². The summed E-state index contributed by atoms with van der Waals surface area (Å²) in [6.07, 6.45) is 4.74. The van der Waals surface area contributed by atoms with Gasteiger partial charge in [0.25, 0.3) is 0 Å². The highest BCUT2D eigenvalue weighted by atomic mass is 32.1. The molecule has 2 aliphatic rings. The van der Waals surface area contributed by atoms with Gasteiger partial charge in [0, 0.05) is 25.6 Å². The maximum absolute atomic E-state index is 5.76. The van der Waals surface area contributed by atoms with Crippen molar-refractivity contribution in [1.82, 2.24) is 4.90 Å². The molecule has 0 amide bonds. The molecule has 1 aromatic carbocycles. The van der Waals surface area contributed by atoms with Gasteiger partial charge in [0.2, 0.25) is 0 Å². The fourth-order valence-electron chi connectivity index (χ4n) is 5.05. The van der Waals surface area contributed by atoms with E-state index in [9.17, 15) is 0 Å². The van der Waals surface area contributed by atoms with E-state index < -0.39 is 0 Å². The molecule has 120 valence electrons. The Morgan fingerprint density at radius 3 is 2.59 bits per heavy atom. The molecule has 2 nitrogen and oxygen atoms in total. The summed E-state index contributed by atoms with van der Waals surface area (Å²) < 4.78 is 0. The minimum atomic E-state index is 0.477. The Morgan fingerprint density at radius 1 is 1.23 bits per heavy atom. The second kappa shape index (κ2) is 5.61. The SMILES string of the molecule is CC1(C)CC2CC(C)(CN2Cc2ccccc2CC(N)=S)C1. The Bertz CT molecular complexity index is 581. The Kier molecular flexibility index (Phi) is 4.07. The van der Waals surface area contributed by atoms with E-state index in [1.807, 2.05) is 0 Å². The molecule has 1 saturated heterocycles. The summed E-state index contributed by atoms with van der Waals surface area (Å²) in [5.41, 5.74) is 9.41. The summed E-state index contributed by atoms with van der Waals surface area (Å²) in [6, 6.07) is 9.36. The molecule has 2 N–H and O–H groups in total. The monoisotopic (exact) mass is 316 g/mol. The number of thiocarbonyl (C=S) groups is 1. The zero-order chi connectivity index (χ0) is 16.0. The number of hydrogen-bond donors (Lipinski definition) is 1. The summed E-state index contributed by atoms with van der Waals surface area (Å²) >= 11 is 5.11. The summed E-state index contributed by atoms with van der Waals surface area (Å²) in [6.45, 7) is 9.60. The van der Waals surface area contributed by atoms with E-state index in [1.165, 1.54) is 36.9 Å². The summed E-state index contributed by atoms with van der Waals surface area (Å²) in [5.74, 6) is 0. The van der Waals surface area contributed by atoms with Crippen molar-refractivity contribution in [3.8, 4) is 0 Å². The van der Waals surface area contributed by atoms with E-state index in [4.69, 9.17) is 18.0 Å². The van der Waals surface area contributed by atoms with E-state index in [0.717, 1.165) is 12.6 Å². The standard InChI is InChI=1S/C19H28N2S/c1-18(2)9-16-10-19(3,12-18)13-21(16)11-15-7-5-4-6-14(15)8-17(20)22/h4-7,16H,8-13H2,1-3H3,(H2,20,22). The van der Waals surface area contributed by atoms with Crippen molar-refractivity contribution in [2.24, 2.45) is 16.6 Å². The van der Waals surface area contributed by atoms with Gasteiger partial charge in [-0.3, -0.25) is 4.90 Å². The maximum Gasteiger partial charge on any atom is 0.0771 e. The van der Waals surface area contributed by atoms with Gasteiger partial charge in [-0.1, -0.05) is 57.3 Å². The van der Waals surface area contributed by atoms with Gasteiger partial charge in [-0.25, -0.2) is 0 Å². The van der Waals surface area contributed by atoms with Crippen molar-refractivity contribution < 1.29 is 0 Å². The van der Waals surface area contributed by atoms with Gasteiger partial charge in [0.1, 0.15) is 0 Å². The van der Waals surface area contributed by atoms with Gasteiger partial charge in [0.05, 0.1) is 4.99 Å². The number of rotatable bonds is 4. The summed E-state index contributed by atoms with van der Waals surface area (Å²) in [5, 5.41) is 0. The molecule has 3 heteroatoms. The fourth-order valence-corrected chi connectivity index (χ4v) is 5.21. The van der Waals surface area contributed by atoms with Crippen molar-refractivity contribution in [1.29, 1.82) is 0 Å². The van der Waals surface area contributed by atoms with Crippen LogP contribution in [0.2, 0.25) is 0 Å². The van der Waals surface area contributed by atoms with Crippen molar-refractivity contribution in [2.45, 2.75) is 59.0 Å². The summed E-state index contributed by atoms with van der Waals surface area (Å²) in [4.78, 5) is 3.29. The Hall–Kier alpha value is -0.930. The summed E-state index contributed by atoms with van der Waals surface area (Å²) in [7, 11) is 0. The lowest BCUT2D eigenvalue weighted by atomic mass is 9.65. The van der Waals surface area contributed by atoms with Crippen LogP contribution in [-0.4, -0.2) is 22.5 Å². The molecule has 1 aliphatic heterocycles. The molecule has 3 rings (SSSR count). The molecule has 1 aliphatic carbocycles. The Labute approximate surface area is 140 Å². The minimum Gasteiger partial charge on any atom is -0.393 e. The molecule has 0 aromatic heterocycles. The molecule has 0 spiro atoms. The third-order valence-corrected chi connectivity index (χ3v) is 5.52. The molecule has 2 atom stereocenters. The van der Waals surface area contributed by atoms with Gasteiger partial charge in [0.15, 0.2) is 0 Å². The first-order valence-electron chi connectivity index (χ1n) is 8.36. The molecule has 22 heavy (non-hydrogen) atoms. The highest BCUT2D eigenvalue weighted by molar-refractivity contribution is 7.80. The first-order chi connectivity index (χ1) is 10.3. The molecule has 1 heterocycles. The van der Waals surface area contributed by atoms with E-state index in [2.05, 4.69) is 49.9 Å². The van der Waals surface area contributed by atoms with Crippen molar-refractivity contribution in [3.05, 3.63) is 35.4 Å². The average Bonchev–Trinajstić information content (AvgIpc) is 2.60. The van der Waals surface area contributed by atoms with E-state index >= 15 is 0 Å². The third-order valence-electron chi connectivity index (χ3n) is 5.38. The zero-order valence-corrected chi connectivity index (χ0v) is 14.9. The maximum atomic E-state index is 5.76. The van der Waals surface area contributed by atoms with Crippen LogP contribution < -0.4 is 5.73 Å². The van der Waals surface area contributed by atoms with Gasteiger partial charge >= 0.3 is 0 Å². The lowest BCUT2D eigenvalue weighted by Crippen LogP contribution is -2.34. The van der Waals surface area contributed by atoms with Crippen LogP contribution in [0.4, 0.5) is 0 Å². The molecular weight excluding hydrogens is 288 g/mol. The van der Waals surface area contributed by atoms with Gasteiger partial charge in [-0.05, 0) is 41.2 Å². The minimum absolute atomic E-state index is 0.477. The average molecular weight is 317 g/mol. The Morgan fingerprint density at radius 2 is 1.91 bits per heavy atom. The van der Waals surface area contributed by atoms with Crippen LogP contribution in [0.5, 0.6) is 0 Å². The Balaban J connectivity index is 1.79. The number of benzene rings is 1. The van der Waals surface area contributed by atoms with E-state index in [1.54, 1.807) is 0 Å². The number of hydrogen-bond acceptors (Lipinski definition) is 2. The zero-order valence-electron chi connectivity index (χ0n) is 14.1. The predicted molar refractivity (Wildman–Crippen MR) is 96.9 cm³/mol. The number of nitrogens with zero attached hydrogens (tertiary/aromatic N) is 1. The molecule has 2 unspecified atom stereocenters. The normalized spacial score (nSPS) is 30.4. The van der Waals surface area contributed by atoms with Crippen molar-refractivity contribution in [2.75, 3.05) is 6.54 Å². The van der Waals surface area contributed by atoms with Crippen LogP contribution in [0.3, 0.4) is 0 Å².